The van der Waals surface area contributed by atoms with Crippen LogP contribution < -0.4 is 4.74 Å². The molecule has 0 spiro atoms. The first kappa shape index (κ1) is 12.4. The van der Waals surface area contributed by atoms with Crippen LogP contribution in [0.15, 0.2) is 54.6 Å². The van der Waals surface area contributed by atoms with Gasteiger partial charge in [-0.25, -0.2) is 4.39 Å². The largest absolute Gasteiger partial charge is 0.496 e. The molecule has 3 aromatic rings. The number of para-hydroxylation sites is 1. The third-order valence-electron chi connectivity index (χ3n) is 3.11. The molecule has 1 N–H and O–H groups in total. The fourth-order valence-electron chi connectivity index (χ4n) is 2.10. The Morgan fingerprint density at radius 3 is 2.55 bits per heavy atom. The van der Waals surface area contributed by atoms with Crippen molar-refractivity contribution < 1.29 is 9.13 Å². The van der Waals surface area contributed by atoms with Crippen molar-refractivity contribution >= 4 is 0 Å². The quantitative estimate of drug-likeness (QED) is 0.782. The lowest BCUT2D eigenvalue weighted by molar-refractivity contribution is 0.416. The molecule has 0 fully saturated rings. The summed E-state index contributed by atoms with van der Waals surface area (Å²) in [7, 11) is 1.64. The van der Waals surface area contributed by atoms with Gasteiger partial charge in [-0.15, -0.1) is 0 Å². The number of halogens is 1. The molecule has 0 unspecified atom stereocenters. The second-order valence-corrected chi connectivity index (χ2v) is 4.37. The highest BCUT2D eigenvalue weighted by Gasteiger charge is 2.09. The maximum absolute atomic E-state index is 12.9. The van der Waals surface area contributed by atoms with Gasteiger partial charge in [0, 0.05) is 11.1 Å². The number of hydrogen-bond donors (Lipinski definition) is 1. The first-order chi connectivity index (χ1) is 9.78. The van der Waals surface area contributed by atoms with Gasteiger partial charge < -0.3 is 4.74 Å². The van der Waals surface area contributed by atoms with Gasteiger partial charge in [0.2, 0.25) is 0 Å². The summed E-state index contributed by atoms with van der Waals surface area (Å²) in [5, 5.41) is 7.25. The van der Waals surface area contributed by atoms with Gasteiger partial charge in [0.25, 0.3) is 0 Å². The summed E-state index contributed by atoms with van der Waals surface area (Å²) in [5.74, 6) is 0.524. The molecule has 0 aliphatic carbocycles. The number of nitrogens with zero attached hydrogens (tertiary/aromatic N) is 1. The van der Waals surface area contributed by atoms with Gasteiger partial charge in [0.1, 0.15) is 11.6 Å². The van der Waals surface area contributed by atoms with Gasteiger partial charge >= 0.3 is 0 Å². The molecular weight excluding hydrogens is 255 g/mol. The molecule has 100 valence electrons. The average molecular weight is 268 g/mol. The first-order valence-corrected chi connectivity index (χ1v) is 6.22. The highest BCUT2D eigenvalue weighted by atomic mass is 19.1. The minimum absolute atomic E-state index is 0.255. The fraction of sp³-hybridized carbons (Fsp3) is 0.0625. The summed E-state index contributed by atoms with van der Waals surface area (Å²) in [6, 6.07) is 15.9. The van der Waals surface area contributed by atoms with Crippen LogP contribution in [0.3, 0.4) is 0 Å². The second-order valence-electron chi connectivity index (χ2n) is 4.37. The molecular formula is C16H13FN2O. The lowest BCUT2D eigenvalue weighted by Gasteiger charge is -2.05. The molecule has 0 aliphatic heterocycles. The van der Waals surface area contributed by atoms with E-state index in [0.29, 0.717) is 0 Å². The van der Waals surface area contributed by atoms with Crippen molar-refractivity contribution in [3.63, 3.8) is 0 Å². The summed E-state index contributed by atoms with van der Waals surface area (Å²) in [6.07, 6.45) is 0. The van der Waals surface area contributed by atoms with Crippen molar-refractivity contribution in [3.8, 4) is 28.3 Å². The van der Waals surface area contributed by atoms with Gasteiger partial charge in [-0.1, -0.05) is 12.1 Å². The van der Waals surface area contributed by atoms with E-state index in [1.54, 1.807) is 19.2 Å². The van der Waals surface area contributed by atoms with E-state index >= 15 is 0 Å². The highest BCUT2D eigenvalue weighted by molar-refractivity contribution is 5.72. The number of nitrogens with one attached hydrogen (secondary N) is 1. The number of H-pyrrole nitrogens is 1. The van der Waals surface area contributed by atoms with Gasteiger partial charge in [0.05, 0.1) is 18.5 Å². The van der Waals surface area contributed by atoms with Gasteiger partial charge in [-0.05, 0) is 42.5 Å². The zero-order chi connectivity index (χ0) is 13.9. The van der Waals surface area contributed by atoms with Crippen LogP contribution in [-0.4, -0.2) is 17.3 Å². The third-order valence-corrected chi connectivity index (χ3v) is 3.11. The van der Waals surface area contributed by atoms with E-state index in [1.807, 2.05) is 30.3 Å². The van der Waals surface area contributed by atoms with Crippen LogP contribution in [0.5, 0.6) is 5.75 Å². The van der Waals surface area contributed by atoms with Crippen LogP contribution in [0.1, 0.15) is 0 Å². The molecule has 20 heavy (non-hydrogen) atoms. The van der Waals surface area contributed by atoms with Crippen molar-refractivity contribution in [2.24, 2.45) is 0 Å². The number of aromatic amines is 1. The summed E-state index contributed by atoms with van der Waals surface area (Å²) in [4.78, 5) is 0. The number of hydrogen-bond acceptors (Lipinski definition) is 2. The van der Waals surface area contributed by atoms with E-state index in [9.17, 15) is 4.39 Å². The fourth-order valence-corrected chi connectivity index (χ4v) is 2.10. The molecule has 0 saturated carbocycles. The lowest BCUT2D eigenvalue weighted by atomic mass is 10.1. The zero-order valence-electron chi connectivity index (χ0n) is 10.9. The van der Waals surface area contributed by atoms with Crippen LogP contribution in [0, 0.1) is 5.82 Å². The molecule has 0 aliphatic rings. The Bertz CT molecular complexity index is 719. The molecule has 0 bridgehead atoms. The number of aromatic nitrogens is 2. The van der Waals surface area contributed by atoms with E-state index in [-0.39, 0.29) is 5.82 Å². The smallest absolute Gasteiger partial charge is 0.128 e. The van der Waals surface area contributed by atoms with Crippen molar-refractivity contribution in [2.75, 3.05) is 7.11 Å². The second kappa shape index (κ2) is 5.17. The number of rotatable bonds is 3. The molecule has 3 nitrogen and oxygen atoms in total. The Hall–Kier alpha value is -2.62. The molecule has 4 heteroatoms. The van der Waals surface area contributed by atoms with Crippen molar-refractivity contribution in [2.45, 2.75) is 0 Å². The molecule has 0 saturated heterocycles. The summed E-state index contributed by atoms with van der Waals surface area (Å²) in [6.45, 7) is 0. The highest BCUT2D eigenvalue weighted by Crippen LogP contribution is 2.30. The monoisotopic (exact) mass is 268 g/mol. The van der Waals surface area contributed by atoms with Gasteiger partial charge in [-0.2, -0.15) is 5.10 Å². The predicted molar refractivity (Wildman–Crippen MR) is 76.0 cm³/mol. The number of benzene rings is 2. The molecule has 1 heterocycles. The van der Waals surface area contributed by atoms with Crippen LogP contribution in [0.4, 0.5) is 4.39 Å². The summed E-state index contributed by atoms with van der Waals surface area (Å²) >= 11 is 0. The van der Waals surface area contributed by atoms with E-state index in [1.165, 1.54) is 12.1 Å². The molecule has 0 radical (unpaired) electrons. The average Bonchev–Trinajstić information content (AvgIpc) is 2.97. The van der Waals surface area contributed by atoms with E-state index in [2.05, 4.69) is 10.2 Å². The molecule has 1 aromatic heterocycles. The maximum Gasteiger partial charge on any atom is 0.128 e. The molecule has 2 aromatic carbocycles. The van der Waals surface area contributed by atoms with Crippen LogP contribution in [0.2, 0.25) is 0 Å². The van der Waals surface area contributed by atoms with Crippen LogP contribution in [0.25, 0.3) is 22.5 Å². The zero-order valence-corrected chi connectivity index (χ0v) is 10.9. The SMILES string of the molecule is COc1ccccc1-c1cc(-c2ccc(F)cc2)n[nH]1. The Morgan fingerprint density at radius 1 is 1.05 bits per heavy atom. The van der Waals surface area contributed by atoms with Crippen LogP contribution >= 0.6 is 0 Å². The van der Waals surface area contributed by atoms with Crippen molar-refractivity contribution in [1.82, 2.24) is 10.2 Å². The Kier molecular flexibility index (Phi) is 3.21. The van der Waals surface area contributed by atoms with Crippen molar-refractivity contribution in [3.05, 3.63) is 60.4 Å². The normalized spacial score (nSPS) is 10.5. The van der Waals surface area contributed by atoms with Gasteiger partial charge in [-0.3, -0.25) is 5.10 Å². The topological polar surface area (TPSA) is 37.9 Å². The molecule has 0 amide bonds. The number of ether oxygens (including phenoxy) is 1. The van der Waals surface area contributed by atoms with E-state index < -0.39 is 0 Å². The third kappa shape index (κ3) is 2.28. The lowest BCUT2D eigenvalue weighted by Crippen LogP contribution is -1.87. The minimum atomic E-state index is -0.255. The maximum atomic E-state index is 12.9. The Morgan fingerprint density at radius 2 is 1.80 bits per heavy atom. The Balaban J connectivity index is 2.00. The first-order valence-electron chi connectivity index (χ1n) is 6.22. The van der Waals surface area contributed by atoms with Crippen LogP contribution in [-0.2, 0) is 0 Å². The number of methoxy groups -OCH3 is 1. The molecule has 3 rings (SSSR count). The minimum Gasteiger partial charge on any atom is -0.496 e. The molecule has 0 atom stereocenters. The Labute approximate surface area is 116 Å². The predicted octanol–water partition coefficient (Wildman–Crippen LogP) is 3.89. The van der Waals surface area contributed by atoms with Gasteiger partial charge in [0.15, 0.2) is 0 Å². The van der Waals surface area contributed by atoms with E-state index in [0.717, 1.165) is 28.3 Å². The summed E-state index contributed by atoms with van der Waals surface area (Å²) < 4.78 is 18.3. The van der Waals surface area contributed by atoms with E-state index in [4.69, 9.17) is 4.74 Å². The summed E-state index contributed by atoms with van der Waals surface area (Å²) in [5.41, 5.74) is 3.44. The van der Waals surface area contributed by atoms with Crippen molar-refractivity contribution in [1.29, 1.82) is 0 Å². The standard InChI is InChI=1S/C16H13FN2O/c1-20-16-5-3-2-4-13(16)15-10-14(18-19-15)11-6-8-12(17)9-7-11/h2-10H,1H3,(H,18,19).